The fourth-order valence-electron chi connectivity index (χ4n) is 5.60. The van der Waals surface area contributed by atoms with Gasteiger partial charge in [0.2, 0.25) is 0 Å². The van der Waals surface area contributed by atoms with Gasteiger partial charge in [0, 0.05) is 30.4 Å². The molecule has 0 spiro atoms. The molecule has 43 heavy (non-hydrogen) atoms. The van der Waals surface area contributed by atoms with Crippen LogP contribution in [0.3, 0.4) is 0 Å². The smallest absolute Gasteiger partial charge is 0.338 e. The predicted octanol–water partition coefficient (Wildman–Crippen LogP) is 3.68. The van der Waals surface area contributed by atoms with Gasteiger partial charge in [0.1, 0.15) is 12.1 Å². The number of carbonyl (C=O) groups excluding carboxylic acids is 1. The van der Waals surface area contributed by atoms with Gasteiger partial charge < -0.3 is 15.2 Å². The minimum absolute atomic E-state index is 0.0173. The molecule has 3 aliphatic heterocycles. The largest absolute Gasteiger partial charge is 0.481 e. The average molecular weight is 626 g/mol. The van der Waals surface area contributed by atoms with Crippen LogP contribution in [0.1, 0.15) is 42.4 Å². The van der Waals surface area contributed by atoms with E-state index >= 15 is 8.78 Å². The van der Waals surface area contributed by atoms with Crippen LogP contribution in [-0.4, -0.2) is 89.2 Å². The maximum atomic E-state index is 15.5. The number of likely N-dealkylation sites (tertiary alicyclic amines) is 1. The summed E-state index contributed by atoms with van der Waals surface area (Å²) >= 11 is 1.24. The van der Waals surface area contributed by atoms with E-state index < -0.39 is 59.6 Å². The number of ether oxygens (including phenoxy) is 1. The lowest BCUT2D eigenvalue weighted by Gasteiger charge is -2.31. The number of halogens is 4. The number of nitrogens with one attached hydrogen (secondary N) is 1. The van der Waals surface area contributed by atoms with Crippen LogP contribution in [0.4, 0.5) is 17.6 Å². The van der Waals surface area contributed by atoms with Crippen LogP contribution in [0.2, 0.25) is 0 Å². The Bertz CT molecular complexity index is 1480. The van der Waals surface area contributed by atoms with Crippen LogP contribution in [0.5, 0.6) is 0 Å². The predicted molar refractivity (Wildman–Crippen MR) is 147 cm³/mol. The average Bonchev–Trinajstić information content (AvgIpc) is 3.69. The Kier molecular flexibility index (Phi) is 8.37. The summed E-state index contributed by atoms with van der Waals surface area (Å²) in [5, 5.41) is 15.8. The number of hydrogen-bond acceptors (Lipinski definition) is 10. The lowest BCUT2D eigenvalue weighted by atomic mass is 9.89. The van der Waals surface area contributed by atoms with E-state index in [1.165, 1.54) is 43.1 Å². The zero-order valence-corrected chi connectivity index (χ0v) is 24.7. The zero-order valence-electron chi connectivity index (χ0n) is 23.9. The van der Waals surface area contributed by atoms with Gasteiger partial charge in [0.05, 0.1) is 37.3 Å². The monoisotopic (exact) mass is 625 g/mol. The third kappa shape index (κ3) is 5.78. The van der Waals surface area contributed by atoms with Gasteiger partial charge >= 0.3 is 11.9 Å². The number of benzene rings is 1. The number of hydroxylamine groups is 2. The Labute approximate surface area is 249 Å². The molecule has 1 aromatic carbocycles. The summed E-state index contributed by atoms with van der Waals surface area (Å²) in [6.07, 6.45) is 1.63. The first-order chi connectivity index (χ1) is 20.2. The summed E-state index contributed by atoms with van der Waals surface area (Å²) in [7, 11) is 1.16. The van der Waals surface area contributed by atoms with Crippen molar-refractivity contribution in [2.45, 2.75) is 51.2 Å². The standard InChI is InChI=1S/C28H31F4N5O5S/c1-14-15(5-6-16(29)20(14)30)21-19(25(38)41-4)17(34-23(35-21)24-33-8-10-43-24)11-36-13-28(31,32)22-18(36)12-42-37(22)9-7-27(2,3)26(39)40/h5-6,8,10,18,21-22H,7,9,11-13H2,1-4H3,(H,34,35)(H,39,40)/t18-,21?,22+/m0/s1. The molecular weight excluding hydrogens is 594 g/mol. The fraction of sp³-hybridized carbons (Fsp3) is 0.500. The number of carbonyl (C=O) groups is 2. The Morgan fingerprint density at radius 1 is 1.30 bits per heavy atom. The van der Waals surface area contributed by atoms with Crippen molar-refractivity contribution in [3.63, 3.8) is 0 Å². The van der Waals surface area contributed by atoms with Crippen LogP contribution in [0.15, 0.2) is 40.0 Å². The molecule has 1 unspecified atom stereocenters. The minimum atomic E-state index is -3.22. The van der Waals surface area contributed by atoms with E-state index in [4.69, 9.17) is 9.57 Å². The highest BCUT2D eigenvalue weighted by Crippen LogP contribution is 2.42. The summed E-state index contributed by atoms with van der Waals surface area (Å²) in [5.41, 5.74) is -0.842. The summed E-state index contributed by atoms with van der Waals surface area (Å²) in [5.74, 6) is -7.01. The molecule has 2 N–H and O–H groups in total. The molecule has 0 saturated carbocycles. The number of carboxylic acids is 1. The van der Waals surface area contributed by atoms with Gasteiger partial charge in [0.15, 0.2) is 22.5 Å². The first-order valence-electron chi connectivity index (χ1n) is 13.5. The van der Waals surface area contributed by atoms with Gasteiger partial charge in [-0.3, -0.25) is 19.5 Å². The summed E-state index contributed by atoms with van der Waals surface area (Å²) in [4.78, 5) is 40.8. The number of aliphatic carboxylic acids is 1. The second-order valence-electron chi connectivity index (χ2n) is 11.4. The highest BCUT2D eigenvalue weighted by atomic mass is 32.1. The number of methoxy groups -OCH3 is 1. The second-order valence-corrected chi connectivity index (χ2v) is 12.3. The first kappa shape index (κ1) is 31.0. The van der Waals surface area contributed by atoms with E-state index in [9.17, 15) is 23.5 Å². The zero-order chi connectivity index (χ0) is 31.3. The first-order valence-corrected chi connectivity index (χ1v) is 14.4. The topological polar surface area (TPSA) is 117 Å². The van der Waals surface area contributed by atoms with E-state index in [0.29, 0.717) is 5.01 Å². The third-order valence-electron chi connectivity index (χ3n) is 8.14. The lowest BCUT2D eigenvalue weighted by molar-refractivity contribution is -0.186. The number of carboxylic acid groups (broad SMARTS) is 1. The van der Waals surface area contributed by atoms with Gasteiger partial charge in [-0.1, -0.05) is 6.07 Å². The van der Waals surface area contributed by atoms with Crippen molar-refractivity contribution in [1.82, 2.24) is 20.3 Å². The van der Waals surface area contributed by atoms with Crippen LogP contribution in [0, 0.1) is 24.0 Å². The maximum Gasteiger partial charge on any atom is 0.338 e. The minimum Gasteiger partial charge on any atom is -0.481 e. The molecule has 0 bridgehead atoms. The molecule has 5 rings (SSSR count). The molecule has 232 valence electrons. The van der Waals surface area contributed by atoms with Crippen molar-refractivity contribution in [3.8, 4) is 0 Å². The number of aromatic nitrogens is 1. The molecule has 0 radical (unpaired) electrons. The van der Waals surface area contributed by atoms with Crippen molar-refractivity contribution in [2.75, 3.05) is 33.4 Å². The van der Waals surface area contributed by atoms with E-state index in [2.05, 4.69) is 15.3 Å². The summed E-state index contributed by atoms with van der Waals surface area (Å²) in [6.45, 7) is 3.47. The van der Waals surface area contributed by atoms with E-state index in [1.54, 1.807) is 11.6 Å². The van der Waals surface area contributed by atoms with Gasteiger partial charge in [0.25, 0.3) is 5.92 Å². The van der Waals surface area contributed by atoms with Crippen LogP contribution in [-0.2, 0) is 19.2 Å². The van der Waals surface area contributed by atoms with Crippen molar-refractivity contribution in [2.24, 2.45) is 10.4 Å². The number of aliphatic imine (C=N–C) groups is 1. The van der Waals surface area contributed by atoms with Gasteiger partial charge in [-0.2, -0.15) is 5.06 Å². The van der Waals surface area contributed by atoms with Gasteiger partial charge in [-0.25, -0.2) is 27.3 Å². The van der Waals surface area contributed by atoms with Crippen LogP contribution >= 0.6 is 11.3 Å². The van der Waals surface area contributed by atoms with Crippen molar-refractivity contribution >= 4 is 29.1 Å². The van der Waals surface area contributed by atoms with Crippen LogP contribution < -0.4 is 5.32 Å². The van der Waals surface area contributed by atoms with Crippen molar-refractivity contribution < 1.29 is 41.8 Å². The Morgan fingerprint density at radius 3 is 2.70 bits per heavy atom. The van der Waals surface area contributed by atoms with Gasteiger partial charge in [-0.15, -0.1) is 11.3 Å². The van der Waals surface area contributed by atoms with E-state index in [-0.39, 0.29) is 54.3 Å². The Balaban J connectivity index is 1.51. The molecule has 4 heterocycles. The molecule has 3 atom stereocenters. The fourth-order valence-corrected chi connectivity index (χ4v) is 6.19. The van der Waals surface area contributed by atoms with Crippen molar-refractivity contribution in [1.29, 1.82) is 0 Å². The number of alkyl halides is 2. The SMILES string of the molecule is COC(=O)C1=C(CN2CC(F)(F)[C@H]3[C@@H]2CON3CCC(C)(C)C(=O)O)NC(c2nccs2)=NC1c1ccc(F)c(F)c1C. The number of amidine groups is 1. The molecule has 0 aliphatic carbocycles. The van der Waals surface area contributed by atoms with Gasteiger partial charge in [-0.05, 0) is 44.4 Å². The quantitative estimate of drug-likeness (QED) is 0.318. The normalized spacial score (nSPS) is 24.1. The Morgan fingerprint density at radius 2 is 2.05 bits per heavy atom. The molecule has 15 heteroatoms. The van der Waals surface area contributed by atoms with Crippen LogP contribution in [0.25, 0.3) is 0 Å². The number of nitrogens with zero attached hydrogens (tertiary/aromatic N) is 4. The third-order valence-corrected chi connectivity index (χ3v) is 8.92. The molecule has 3 aliphatic rings. The number of thiazole rings is 1. The van der Waals surface area contributed by atoms with E-state index in [0.717, 1.165) is 18.2 Å². The highest BCUT2D eigenvalue weighted by Gasteiger charge is 2.61. The molecular formula is C28H31F4N5O5S. The molecule has 10 nitrogen and oxygen atoms in total. The number of rotatable bonds is 9. The lowest BCUT2D eigenvalue weighted by Crippen LogP contribution is -2.46. The summed E-state index contributed by atoms with van der Waals surface area (Å²) in [6, 6.07) is -1.02. The molecule has 0 amide bonds. The van der Waals surface area contributed by atoms with E-state index in [1.807, 2.05) is 0 Å². The van der Waals surface area contributed by atoms with Crippen molar-refractivity contribution in [3.05, 3.63) is 62.7 Å². The Hall–Kier alpha value is -3.40. The number of hydrogen-bond donors (Lipinski definition) is 2. The molecule has 2 saturated heterocycles. The number of esters is 1. The molecule has 1 aromatic heterocycles. The highest BCUT2D eigenvalue weighted by molar-refractivity contribution is 7.11. The summed E-state index contributed by atoms with van der Waals surface area (Å²) < 4.78 is 64.8. The maximum absolute atomic E-state index is 15.5. The molecule has 2 fully saturated rings. The molecule has 2 aromatic rings. The second kappa shape index (κ2) is 11.6. The number of fused-ring (bicyclic) bond motifs is 1.